The van der Waals surface area contributed by atoms with Crippen LogP contribution in [0.3, 0.4) is 0 Å². The Morgan fingerprint density at radius 3 is 2.87 bits per heavy atom. The van der Waals surface area contributed by atoms with Crippen LogP contribution in [-0.2, 0) is 11.3 Å². The van der Waals surface area contributed by atoms with E-state index in [1.54, 1.807) is 6.92 Å². The predicted molar refractivity (Wildman–Crippen MR) is 57.3 cm³/mol. The summed E-state index contributed by atoms with van der Waals surface area (Å²) in [5, 5.41) is 0. The van der Waals surface area contributed by atoms with Crippen molar-refractivity contribution in [3.05, 3.63) is 52.0 Å². The van der Waals surface area contributed by atoms with Gasteiger partial charge in [-0.1, -0.05) is 13.2 Å². The third-order valence-corrected chi connectivity index (χ3v) is 1.88. The van der Waals surface area contributed by atoms with Crippen molar-refractivity contribution in [3.8, 4) is 0 Å². The summed E-state index contributed by atoms with van der Waals surface area (Å²) in [6.07, 6.45) is 2.58. The van der Waals surface area contributed by atoms with Gasteiger partial charge in [0.2, 0.25) is 0 Å². The average Bonchev–Trinajstić information content (AvgIpc) is 2.18. The molecule has 1 heterocycles. The monoisotopic (exact) mass is 208 g/mol. The van der Waals surface area contributed by atoms with Gasteiger partial charge in [0.15, 0.2) is 0 Å². The smallest absolute Gasteiger partial charge is 0.328 e. The molecule has 0 radical (unpaired) electrons. The molecule has 0 saturated heterocycles. The fourth-order valence-corrected chi connectivity index (χ4v) is 1.11. The van der Waals surface area contributed by atoms with E-state index < -0.39 is 11.2 Å². The molecule has 1 aromatic heterocycles. The Morgan fingerprint density at radius 2 is 2.33 bits per heavy atom. The van der Waals surface area contributed by atoms with Crippen LogP contribution in [0, 0.1) is 0 Å². The van der Waals surface area contributed by atoms with E-state index in [-0.39, 0.29) is 11.3 Å². The van der Waals surface area contributed by atoms with Crippen LogP contribution in [0.5, 0.6) is 0 Å². The van der Waals surface area contributed by atoms with Crippen LogP contribution < -0.4 is 11.2 Å². The highest BCUT2D eigenvalue weighted by atomic mass is 16.5. The first-order valence-electron chi connectivity index (χ1n) is 4.40. The van der Waals surface area contributed by atoms with E-state index in [1.165, 1.54) is 17.0 Å². The summed E-state index contributed by atoms with van der Waals surface area (Å²) in [7, 11) is 0. The van der Waals surface area contributed by atoms with Crippen molar-refractivity contribution < 1.29 is 4.74 Å². The van der Waals surface area contributed by atoms with Crippen LogP contribution in [0.1, 0.15) is 12.5 Å². The molecule has 0 aromatic carbocycles. The topological polar surface area (TPSA) is 64.1 Å². The minimum Gasteiger partial charge on any atom is -0.465 e. The number of nitrogens with zero attached hydrogens (tertiary/aromatic N) is 1. The number of H-pyrrole nitrogens is 1. The Labute approximate surface area is 86.3 Å². The molecule has 80 valence electrons. The van der Waals surface area contributed by atoms with Gasteiger partial charge in [0.25, 0.3) is 5.56 Å². The predicted octanol–water partition coefficient (Wildman–Crippen LogP) is 0.687. The van der Waals surface area contributed by atoms with Crippen molar-refractivity contribution in [1.82, 2.24) is 9.55 Å². The molecule has 0 amide bonds. The van der Waals surface area contributed by atoms with Crippen molar-refractivity contribution >= 4 is 5.76 Å². The SMILES string of the molecule is C=COC(=C)c1cn(CC)c(=O)[nH]c1=O. The number of ether oxygens (including phenoxy) is 1. The van der Waals surface area contributed by atoms with E-state index >= 15 is 0 Å². The van der Waals surface area contributed by atoms with Crippen molar-refractivity contribution in [1.29, 1.82) is 0 Å². The van der Waals surface area contributed by atoms with Crippen LogP contribution in [0.2, 0.25) is 0 Å². The third-order valence-electron chi connectivity index (χ3n) is 1.88. The van der Waals surface area contributed by atoms with Gasteiger partial charge in [0.1, 0.15) is 5.76 Å². The van der Waals surface area contributed by atoms with Gasteiger partial charge >= 0.3 is 5.69 Å². The Morgan fingerprint density at radius 1 is 1.67 bits per heavy atom. The van der Waals surface area contributed by atoms with E-state index in [1.807, 2.05) is 0 Å². The van der Waals surface area contributed by atoms with Crippen LogP contribution in [-0.4, -0.2) is 9.55 Å². The maximum atomic E-state index is 11.4. The van der Waals surface area contributed by atoms with Gasteiger partial charge < -0.3 is 9.30 Å². The number of nitrogens with one attached hydrogen (secondary N) is 1. The van der Waals surface area contributed by atoms with E-state index in [4.69, 9.17) is 4.74 Å². The largest absolute Gasteiger partial charge is 0.465 e. The van der Waals surface area contributed by atoms with Gasteiger partial charge in [-0.3, -0.25) is 9.78 Å². The van der Waals surface area contributed by atoms with E-state index in [0.717, 1.165) is 0 Å². The molecule has 1 N–H and O–H groups in total. The maximum absolute atomic E-state index is 11.4. The first kappa shape index (κ1) is 11.0. The first-order valence-corrected chi connectivity index (χ1v) is 4.40. The molecule has 0 atom stereocenters. The zero-order valence-electron chi connectivity index (χ0n) is 8.45. The van der Waals surface area contributed by atoms with Gasteiger partial charge in [-0.15, -0.1) is 0 Å². The normalized spacial score (nSPS) is 9.67. The molecule has 1 rings (SSSR count). The number of aromatic amines is 1. The number of hydrogen-bond acceptors (Lipinski definition) is 3. The molecule has 5 nitrogen and oxygen atoms in total. The maximum Gasteiger partial charge on any atom is 0.328 e. The van der Waals surface area contributed by atoms with E-state index in [0.29, 0.717) is 6.54 Å². The van der Waals surface area contributed by atoms with Crippen LogP contribution >= 0.6 is 0 Å². The standard InChI is InChI=1S/C10H12N2O3/c1-4-12-6-8(7(3)15-5-2)9(13)11-10(12)14/h5-6H,2-4H2,1H3,(H,11,13,14). The Hall–Kier alpha value is -2.04. The number of aryl methyl sites for hydroxylation is 1. The van der Waals surface area contributed by atoms with Crippen LogP contribution in [0.25, 0.3) is 5.76 Å². The number of hydrogen-bond donors (Lipinski definition) is 1. The Kier molecular flexibility index (Phi) is 3.28. The zero-order valence-corrected chi connectivity index (χ0v) is 8.45. The van der Waals surface area contributed by atoms with E-state index in [2.05, 4.69) is 18.1 Å². The lowest BCUT2D eigenvalue weighted by atomic mass is 10.3. The lowest BCUT2D eigenvalue weighted by Crippen LogP contribution is -2.31. The van der Waals surface area contributed by atoms with Gasteiger partial charge in [0, 0.05) is 12.7 Å². The highest BCUT2D eigenvalue weighted by Crippen LogP contribution is 2.06. The van der Waals surface area contributed by atoms with Gasteiger partial charge in [-0.25, -0.2) is 4.79 Å². The van der Waals surface area contributed by atoms with Crippen molar-refractivity contribution in [2.24, 2.45) is 0 Å². The van der Waals surface area contributed by atoms with Crippen molar-refractivity contribution in [2.75, 3.05) is 0 Å². The molecule has 15 heavy (non-hydrogen) atoms. The summed E-state index contributed by atoms with van der Waals surface area (Å²) in [6.45, 7) is 9.16. The van der Waals surface area contributed by atoms with E-state index in [9.17, 15) is 9.59 Å². The molecule has 0 saturated carbocycles. The fourth-order valence-electron chi connectivity index (χ4n) is 1.11. The fraction of sp³-hybridized carbons (Fsp3) is 0.200. The quantitative estimate of drug-likeness (QED) is 0.740. The van der Waals surface area contributed by atoms with Gasteiger partial charge in [-0.2, -0.15) is 0 Å². The second-order valence-corrected chi connectivity index (χ2v) is 2.80. The molecule has 0 spiro atoms. The molecule has 0 fully saturated rings. The van der Waals surface area contributed by atoms with Crippen molar-refractivity contribution in [3.63, 3.8) is 0 Å². The molecule has 0 unspecified atom stereocenters. The van der Waals surface area contributed by atoms with Gasteiger partial charge in [-0.05, 0) is 6.92 Å². The second-order valence-electron chi connectivity index (χ2n) is 2.80. The third kappa shape index (κ3) is 2.25. The molecular weight excluding hydrogens is 196 g/mol. The molecular formula is C10H12N2O3. The summed E-state index contributed by atoms with van der Waals surface area (Å²) in [5.41, 5.74) is -0.745. The minimum atomic E-state index is -0.517. The summed E-state index contributed by atoms with van der Waals surface area (Å²) in [6, 6.07) is 0. The summed E-state index contributed by atoms with van der Waals surface area (Å²) >= 11 is 0. The Balaban J connectivity index is 3.30. The molecule has 0 aliphatic carbocycles. The molecule has 0 aliphatic heterocycles. The second kappa shape index (κ2) is 4.45. The lowest BCUT2D eigenvalue weighted by Gasteiger charge is -2.06. The first-order chi connectivity index (χ1) is 7.10. The number of rotatable bonds is 4. The van der Waals surface area contributed by atoms with Crippen LogP contribution in [0.4, 0.5) is 0 Å². The lowest BCUT2D eigenvalue weighted by molar-refractivity contribution is 0.438. The summed E-state index contributed by atoms with van der Waals surface area (Å²) in [4.78, 5) is 24.8. The molecule has 5 heteroatoms. The molecule has 0 bridgehead atoms. The Bertz CT molecular complexity index is 496. The highest BCUT2D eigenvalue weighted by molar-refractivity contribution is 5.55. The summed E-state index contributed by atoms with van der Waals surface area (Å²) in [5.74, 6) is 0.161. The van der Waals surface area contributed by atoms with Crippen molar-refractivity contribution in [2.45, 2.75) is 13.5 Å². The highest BCUT2D eigenvalue weighted by Gasteiger charge is 2.07. The van der Waals surface area contributed by atoms with Gasteiger partial charge in [0.05, 0.1) is 11.8 Å². The zero-order chi connectivity index (χ0) is 11.4. The minimum absolute atomic E-state index is 0.161. The summed E-state index contributed by atoms with van der Waals surface area (Å²) < 4.78 is 6.24. The molecule has 1 aromatic rings. The molecule has 0 aliphatic rings. The number of aromatic nitrogens is 2. The average molecular weight is 208 g/mol. The van der Waals surface area contributed by atoms with Crippen LogP contribution in [0.15, 0.2) is 35.2 Å².